The molecule has 2 rings (SSSR count). The molecule has 0 radical (unpaired) electrons. The summed E-state index contributed by atoms with van der Waals surface area (Å²) in [5.41, 5.74) is -0.959. The van der Waals surface area contributed by atoms with Crippen LogP contribution >= 0.6 is 23.2 Å². The van der Waals surface area contributed by atoms with Crippen molar-refractivity contribution >= 4 is 29.1 Å². The van der Waals surface area contributed by atoms with Gasteiger partial charge in [-0.3, -0.25) is 14.2 Å². The maximum atomic E-state index is 13.0. The second kappa shape index (κ2) is 8.92. The van der Waals surface area contributed by atoms with E-state index in [2.05, 4.69) is 15.5 Å². The lowest BCUT2D eigenvalue weighted by Gasteiger charge is -2.15. The molecule has 2 aromatic heterocycles. The van der Waals surface area contributed by atoms with Gasteiger partial charge in [0.25, 0.3) is 12.9 Å². The molecule has 0 saturated carbocycles. The summed E-state index contributed by atoms with van der Waals surface area (Å²) in [6.07, 6.45) is -5.60. The van der Waals surface area contributed by atoms with E-state index < -0.39 is 36.2 Å². The van der Waals surface area contributed by atoms with E-state index in [0.717, 1.165) is 0 Å². The Bertz CT molecular complexity index is 808. The zero-order chi connectivity index (χ0) is 20.3. The lowest BCUT2D eigenvalue weighted by Crippen LogP contribution is -2.33. The third-order valence-corrected chi connectivity index (χ3v) is 4.75. The fraction of sp³-hybridized carbons (Fsp3) is 0.533. The van der Waals surface area contributed by atoms with Gasteiger partial charge in [0, 0.05) is 13.1 Å². The Kier molecular flexibility index (Phi) is 7.10. The highest BCUT2D eigenvalue weighted by atomic mass is 35.5. The summed E-state index contributed by atoms with van der Waals surface area (Å²) < 4.78 is 53.6. The molecule has 0 aromatic carbocycles. The Balaban J connectivity index is 1.95. The highest BCUT2D eigenvalue weighted by molar-refractivity contribution is 6.41. The van der Waals surface area contributed by atoms with Gasteiger partial charge in [0.15, 0.2) is 0 Å². The van der Waals surface area contributed by atoms with E-state index in [1.807, 2.05) is 0 Å². The van der Waals surface area contributed by atoms with E-state index in [1.165, 1.54) is 11.6 Å². The van der Waals surface area contributed by atoms with Gasteiger partial charge in [-0.05, 0) is 26.3 Å². The molecule has 1 N–H and O–H groups in total. The molecule has 0 aliphatic rings. The van der Waals surface area contributed by atoms with Gasteiger partial charge in [-0.15, -0.1) is 0 Å². The molecule has 12 heteroatoms. The molecular weight excluding hydrogens is 413 g/mol. The first-order valence-corrected chi connectivity index (χ1v) is 8.70. The standard InChI is InChI=1S/C15H17Cl2F4N5O/c1-7-11(16)12(17)25(23-7)5-3-4-22-15(27)8(2)26-10(14(20)21)6-9(24-26)13(18)19/h6,8,13-14H,3-5H2,1-2H3,(H,22,27). The Labute approximate surface area is 162 Å². The number of halogens is 6. The monoisotopic (exact) mass is 429 g/mol. The third kappa shape index (κ3) is 4.92. The van der Waals surface area contributed by atoms with Crippen LogP contribution in [0.1, 0.15) is 49.3 Å². The SMILES string of the molecule is Cc1nn(CCCNC(=O)C(C)n2nc(C(F)F)cc2C(F)F)c(Cl)c1Cl. The average Bonchev–Trinajstić information content (AvgIpc) is 3.16. The molecule has 0 fully saturated rings. The average molecular weight is 430 g/mol. The minimum absolute atomic E-state index is 0.197. The van der Waals surface area contributed by atoms with Gasteiger partial charge < -0.3 is 5.32 Å². The lowest BCUT2D eigenvalue weighted by molar-refractivity contribution is -0.124. The number of hydrogen-bond acceptors (Lipinski definition) is 3. The van der Waals surface area contributed by atoms with Crippen LogP contribution in [0.25, 0.3) is 0 Å². The topological polar surface area (TPSA) is 64.7 Å². The van der Waals surface area contributed by atoms with Crippen molar-refractivity contribution in [1.29, 1.82) is 0 Å². The first kappa shape index (κ1) is 21.5. The van der Waals surface area contributed by atoms with Crippen LogP contribution in [0.4, 0.5) is 17.6 Å². The minimum atomic E-state index is -3.03. The molecule has 0 saturated heterocycles. The Morgan fingerprint density at radius 2 is 1.89 bits per heavy atom. The second-order valence-electron chi connectivity index (χ2n) is 5.77. The van der Waals surface area contributed by atoms with Crippen LogP contribution < -0.4 is 5.32 Å². The number of alkyl halides is 4. The van der Waals surface area contributed by atoms with Crippen molar-refractivity contribution < 1.29 is 22.4 Å². The lowest BCUT2D eigenvalue weighted by atomic mass is 10.3. The minimum Gasteiger partial charge on any atom is -0.354 e. The summed E-state index contributed by atoms with van der Waals surface area (Å²) in [5, 5.41) is 10.7. The summed E-state index contributed by atoms with van der Waals surface area (Å²) in [6, 6.07) is -0.572. The number of hydrogen-bond donors (Lipinski definition) is 1. The molecule has 2 heterocycles. The molecule has 6 nitrogen and oxygen atoms in total. The quantitative estimate of drug-likeness (QED) is 0.501. The number of amides is 1. The number of carbonyl (C=O) groups excluding carboxylic acids is 1. The van der Waals surface area contributed by atoms with E-state index >= 15 is 0 Å². The predicted molar refractivity (Wildman–Crippen MR) is 91.5 cm³/mol. The van der Waals surface area contributed by atoms with Gasteiger partial charge in [-0.25, -0.2) is 17.6 Å². The molecule has 1 atom stereocenters. The molecule has 0 bridgehead atoms. The highest BCUT2D eigenvalue weighted by Crippen LogP contribution is 2.27. The first-order valence-electron chi connectivity index (χ1n) is 7.95. The fourth-order valence-electron chi connectivity index (χ4n) is 2.39. The third-order valence-electron chi connectivity index (χ3n) is 3.82. The summed E-state index contributed by atoms with van der Waals surface area (Å²) >= 11 is 11.9. The molecular formula is C15H17Cl2F4N5O. The van der Waals surface area contributed by atoms with Gasteiger partial charge in [-0.1, -0.05) is 23.2 Å². The van der Waals surface area contributed by atoms with Crippen molar-refractivity contribution in [3.63, 3.8) is 0 Å². The van der Waals surface area contributed by atoms with Crippen molar-refractivity contribution in [3.05, 3.63) is 33.3 Å². The first-order chi connectivity index (χ1) is 12.6. The zero-order valence-corrected chi connectivity index (χ0v) is 15.9. The molecule has 27 heavy (non-hydrogen) atoms. The number of nitrogens with zero attached hydrogens (tertiary/aromatic N) is 4. The predicted octanol–water partition coefficient (Wildman–Crippen LogP) is 4.34. The van der Waals surface area contributed by atoms with Crippen LogP contribution in [-0.4, -0.2) is 32.0 Å². The van der Waals surface area contributed by atoms with E-state index in [-0.39, 0.29) is 11.7 Å². The Hall–Kier alpha value is -1.81. The van der Waals surface area contributed by atoms with Crippen molar-refractivity contribution in [2.24, 2.45) is 0 Å². The number of aromatic nitrogens is 4. The Morgan fingerprint density at radius 1 is 1.22 bits per heavy atom. The van der Waals surface area contributed by atoms with Crippen LogP contribution in [0, 0.1) is 6.92 Å². The van der Waals surface area contributed by atoms with Gasteiger partial charge in [0.1, 0.15) is 27.6 Å². The zero-order valence-electron chi connectivity index (χ0n) is 14.4. The van der Waals surface area contributed by atoms with Crippen molar-refractivity contribution in [2.75, 3.05) is 6.54 Å². The van der Waals surface area contributed by atoms with E-state index in [0.29, 0.717) is 34.4 Å². The summed E-state index contributed by atoms with van der Waals surface area (Å²) in [7, 11) is 0. The number of nitrogens with one attached hydrogen (secondary N) is 1. The largest absolute Gasteiger partial charge is 0.354 e. The number of rotatable bonds is 8. The van der Waals surface area contributed by atoms with Crippen LogP contribution in [0.5, 0.6) is 0 Å². The van der Waals surface area contributed by atoms with E-state index in [1.54, 1.807) is 6.92 Å². The highest BCUT2D eigenvalue weighted by Gasteiger charge is 2.26. The molecule has 1 unspecified atom stereocenters. The maximum absolute atomic E-state index is 13.0. The van der Waals surface area contributed by atoms with Crippen LogP contribution in [0.15, 0.2) is 6.07 Å². The summed E-state index contributed by atoms with van der Waals surface area (Å²) in [6.45, 7) is 3.58. The smallest absolute Gasteiger partial charge is 0.282 e. The maximum Gasteiger partial charge on any atom is 0.282 e. The molecule has 0 spiro atoms. The van der Waals surface area contributed by atoms with Crippen LogP contribution in [0.3, 0.4) is 0 Å². The number of carbonyl (C=O) groups is 1. The molecule has 2 aromatic rings. The van der Waals surface area contributed by atoms with Gasteiger partial charge in [0.05, 0.1) is 5.69 Å². The molecule has 1 amide bonds. The second-order valence-corrected chi connectivity index (χ2v) is 6.51. The van der Waals surface area contributed by atoms with Crippen molar-refractivity contribution in [3.8, 4) is 0 Å². The van der Waals surface area contributed by atoms with Crippen molar-refractivity contribution in [2.45, 2.75) is 45.7 Å². The van der Waals surface area contributed by atoms with Crippen molar-refractivity contribution in [1.82, 2.24) is 24.9 Å². The van der Waals surface area contributed by atoms with E-state index in [9.17, 15) is 22.4 Å². The fourth-order valence-corrected chi connectivity index (χ4v) is 2.78. The van der Waals surface area contributed by atoms with Gasteiger partial charge in [0.2, 0.25) is 5.91 Å². The van der Waals surface area contributed by atoms with Gasteiger partial charge in [-0.2, -0.15) is 10.2 Å². The molecule has 150 valence electrons. The molecule has 0 aliphatic heterocycles. The van der Waals surface area contributed by atoms with Gasteiger partial charge >= 0.3 is 0 Å². The Morgan fingerprint density at radius 3 is 2.41 bits per heavy atom. The molecule has 0 aliphatic carbocycles. The summed E-state index contributed by atoms with van der Waals surface area (Å²) in [5.74, 6) is -0.624. The van der Waals surface area contributed by atoms with Crippen LogP contribution in [0.2, 0.25) is 10.2 Å². The van der Waals surface area contributed by atoms with Crippen LogP contribution in [-0.2, 0) is 11.3 Å². The van der Waals surface area contributed by atoms with E-state index in [4.69, 9.17) is 23.2 Å². The number of aryl methyl sites for hydroxylation is 2. The normalized spacial score (nSPS) is 12.8. The summed E-state index contributed by atoms with van der Waals surface area (Å²) in [4.78, 5) is 12.2.